The molecule has 0 aliphatic rings. The standard InChI is InChI=1S/C11H8O4/c1-6-4-9(12)8-5-7(11(13)14)2-3-10(8)15-6/h2-5H,1H3,(H,13,14). The zero-order valence-corrected chi connectivity index (χ0v) is 7.98. The Morgan fingerprint density at radius 2 is 2.07 bits per heavy atom. The lowest BCUT2D eigenvalue weighted by molar-refractivity contribution is 0.0697. The van der Waals surface area contributed by atoms with E-state index in [0.29, 0.717) is 16.7 Å². The van der Waals surface area contributed by atoms with Crippen LogP contribution >= 0.6 is 0 Å². The first-order valence-electron chi connectivity index (χ1n) is 4.36. The van der Waals surface area contributed by atoms with Gasteiger partial charge < -0.3 is 9.52 Å². The predicted molar refractivity (Wildman–Crippen MR) is 54.2 cm³/mol. The molecule has 1 aromatic heterocycles. The van der Waals surface area contributed by atoms with Crippen LogP contribution in [0.2, 0.25) is 0 Å². The summed E-state index contributed by atoms with van der Waals surface area (Å²) in [6.45, 7) is 1.67. The van der Waals surface area contributed by atoms with Crippen LogP contribution in [0.3, 0.4) is 0 Å². The molecule has 0 atom stereocenters. The van der Waals surface area contributed by atoms with E-state index >= 15 is 0 Å². The highest BCUT2D eigenvalue weighted by molar-refractivity contribution is 5.92. The van der Waals surface area contributed by atoms with Crippen molar-refractivity contribution in [1.82, 2.24) is 0 Å². The molecule has 0 unspecified atom stereocenters. The summed E-state index contributed by atoms with van der Waals surface area (Å²) < 4.78 is 5.28. The topological polar surface area (TPSA) is 67.5 Å². The smallest absolute Gasteiger partial charge is 0.335 e. The number of carboxylic acids is 1. The van der Waals surface area contributed by atoms with Gasteiger partial charge in [-0.1, -0.05) is 0 Å². The van der Waals surface area contributed by atoms with Gasteiger partial charge in [-0.3, -0.25) is 4.79 Å². The zero-order chi connectivity index (χ0) is 11.0. The van der Waals surface area contributed by atoms with Crippen LogP contribution in [0.25, 0.3) is 11.0 Å². The molecule has 2 rings (SSSR count). The molecule has 0 fully saturated rings. The Bertz CT molecular complexity index is 595. The lowest BCUT2D eigenvalue weighted by Gasteiger charge is -1.99. The van der Waals surface area contributed by atoms with E-state index in [1.165, 1.54) is 24.3 Å². The average molecular weight is 204 g/mol. The SMILES string of the molecule is Cc1cc(=O)c2cc(C(=O)O)ccc2o1. The van der Waals surface area contributed by atoms with Crippen molar-refractivity contribution in [3.05, 3.63) is 45.8 Å². The molecule has 2 aromatic rings. The van der Waals surface area contributed by atoms with Crippen molar-refractivity contribution in [2.75, 3.05) is 0 Å². The maximum atomic E-state index is 11.5. The molecule has 0 aliphatic heterocycles. The summed E-state index contributed by atoms with van der Waals surface area (Å²) in [5, 5.41) is 9.05. The third-order valence-corrected chi connectivity index (χ3v) is 2.10. The van der Waals surface area contributed by atoms with Crippen LogP contribution in [0.15, 0.2) is 33.5 Å². The lowest BCUT2D eigenvalue weighted by atomic mass is 10.1. The number of fused-ring (bicyclic) bond motifs is 1. The van der Waals surface area contributed by atoms with Crippen molar-refractivity contribution in [2.24, 2.45) is 0 Å². The average Bonchev–Trinajstić information content (AvgIpc) is 2.16. The largest absolute Gasteiger partial charge is 0.478 e. The van der Waals surface area contributed by atoms with Gasteiger partial charge in [0.25, 0.3) is 0 Å². The third kappa shape index (κ3) is 1.61. The van der Waals surface area contributed by atoms with E-state index in [9.17, 15) is 9.59 Å². The number of aryl methyl sites for hydroxylation is 1. The highest BCUT2D eigenvalue weighted by Gasteiger charge is 2.07. The van der Waals surface area contributed by atoms with Crippen molar-refractivity contribution in [3.63, 3.8) is 0 Å². The molecule has 4 heteroatoms. The van der Waals surface area contributed by atoms with Gasteiger partial charge in [-0.05, 0) is 25.1 Å². The molecule has 0 bridgehead atoms. The van der Waals surface area contributed by atoms with E-state index in [2.05, 4.69) is 0 Å². The van der Waals surface area contributed by atoms with E-state index in [1.54, 1.807) is 6.92 Å². The molecule has 1 heterocycles. The van der Waals surface area contributed by atoms with E-state index in [-0.39, 0.29) is 11.0 Å². The normalized spacial score (nSPS) is 10.5. The Hall–Kier alpha value is -2.10. The second-order valence-electron chi connectivity index (χ2n) is 3.24. The van der Waals surface area contributed by atoms with Crippen LogP contribution in [0.5, 0.6) is 0 Å². The summed E-state index contributed by atoms with van der Waals surface area (Å²) >= 11 is 0. The first-order chi connectivity index (χ1) is 7.08. The van der Waals surface area contributed by atoms with Crippen LogP contribution in [0.1, 0.15) is 16.1 Å². The minimum Gasteiger partial charge on any atom is -0.478 e. The molecule has 15 heavy (non-hydrogen) atoms. The Kier molecular flexibility index (Phi) is 2.04. The van der Waals surface area contributed by atoms with Gasteiger partial charge in [0.2, 0.25) is 0 Å². The van der Waals surface area contributed by atoms with Crippen LogP contribution in [-0.4, -0.2) is 11.1 Å². The molecule has 0 radical (unpaired) electrons. The first kappa shape index (κ1) is 9.45. The Labute approximate surface area is 84.8 Å². The van der Waals surface area contributed by atoms with Crippen molar-refractivity contribution in [3.8, 4) is 0 Å². The maximum absolute atomic E-state index is 11.5. The molecule has 4 nitrogen and oxygen atoms in total. The van der Waals surface area contributed by atoms with Gasteiger partial charge in [-0.15, -0.1) is 0 Å². The van der Waals surface area contributed by atoms with Crippen molar-refractivity contribution in [1.29, 1.82) is 0 Å². The summed E-state index contributed by atoms with van der Waals surface area (Å²) in [5.41, 5.74) is 0.264. The van der Waals surface area contributed by atoms with Crippen LogP contribution < -0.4 is 5.43 Å². The monoisotopic (exact) mass is 204 g/mol. The second-order valence-corrected chi connectivity index (χ2v) is 3.24. The van der Waals surface area contributed by atoms with Gasteiger partial charge >= 0.3 is 5.97 Å². The summed E-state index contributed by atoms with van der Waals surface area (Å²) in [5.74, 6) is -0.549. The Morgan fingerprint density at radius 1 is 1.33 bits per heavy atom. The molecule has 0 spiro atoms. The minimum absolute atomic E-state index is 0.0821. The maximum Gasteiger partial charge on any atom is 0.335 e. The van der Waals surface area contributed by atoms with Crippen molar-refractivity contribution >= 4 is 16.9 Å². The third-order valence-electron chi connectivity index (χ3n) is 2.10. The van der Waals surface area contributed by atoms with E-state index < -0.39 is 5.97 Å². The van der Waals surface area contributed by atoms with Gasteiger partial charge in [0, 0.05) is 6.07 Å². The number of carboxylic acid groups (broad SMARTS) is 1. The van der Waals surface area contributed by atoms with Gasteiger partial charge in [0.15, 0.2) is 5.43 Å². The first-order valence-corrected chi connectivity index (χ1v) is 4.36. The molecule has 0 aliphatic carbocycles. The summed E-state index contributed by atoms with van der Waals surface area (Å²) in [6.07, 6.45) is 0. The fourth-order valence-electron chi connectivity index (χ4n) is 1.41. The number of aromatic carboxylic acids is 1. The molecule has 0 saturated carbocycles. The quantitative estimate of drug-likeness (QED) is 0.769. The fraction of sp³-hybridized carbons (Fsp3) is 0.0909. The molecule has 76 valence electrons. The van der Waals surface area contributed by atoms with Crippen LogP contribution in [0, 0.1) is 6.92 Å². The highest BCUT2D eigenvalue weighted by Crippen LogP contribution is 2.14. The van der Waals surface area contributed by atoms with E-state index in [1.807, 2.05) is 0 Å². The number of carbonyl (C=O) groups is 1. The van der Waals surface area contributed by atoms with Gasteiger partial charge in [-0.2, -0.15) is 0 Å². The summed E-state index contributed by atoms with van der Waals surface area (Å²) in [7, 11) is 0. The summed E-state index contributed by atoms with van der Waals surface area (Å²) in [4.78, 5) is 22.2. The van der Waals surface area contributed by atoms with Crippen molar-refractivity contribution in [2.45, 2.75) is 6.92 Å². The van der Waals surface area contributed by atoms with Crippen molar-refractivity contribution < 1.29 is 14.3 Å². The lowest BCUT2D eigenvalue weighted by Crippen LogP contribution is -2.03. The molecule has 1 aromatic carbocycles. The molecular weight excluding hydrogens is 196 g/mol. The number of benzene rings is 1. The van der Waals surface area contributed by atoms with Crippen LogP contribution in [-0.2, 0) is 0 Å². The Morgan fingerprint density at radius 3 is 2.73 bits per heavy atom. The fourth-order valence-corrected chi connectivity index (χ4v) is 1.41. The second kappa shape index (κ2) is 3.24. The highest BCUT2D eigenvalue weighted by atomic mass is 16.4. The minimum atomic E-state index is -1.06. The molecule has 1 N–H and O–H groups in total. The molecule has 0 amide bonds. The van der Waals surface area contributed by atoms with E-state index in [0.717, 1.165) is 0 Å². The van der Waals surface area contributed by atoms with Crippen LogP contribution in [0.4, 0.5) is 0 Å². The number of rotatable bonds is 1. The molecule has 0 saturated heterocycles. The van der Waals surface area contributed by atoms with Gasteiger partial charge in [0.05, 0.1) is 10.9 Å². The summed E-state index contributed by atoms with van der Waals surface area (Å²) in [6, 6.07) is 5.57. The predicted octanol–water partition coefficient (Wildman–Crippen LogP) is 1.80. The zero-order valence-electron chi connectivity index (χ0n) is 7.98. The number of hydrogen-bond donors (Lipinski definition) is 1. The van der Waals surface area contributed by atoms with Gasteiger partial charge in [0.1, 0.15) is 11.3 Å². The van der Waals surface area contributed by atoms with Gasteiger partial charge in [-0.25, -0.2) is 4.79 Å². The number of hydrogen-bond acceptors (Lipinski definition) is 3. The Balaban J connectivity index is 2.83. The molecular formula is C11H8O4. The van der Waals surface area contributed by atoms with E-state index in [4.69, 9.17) is 9.52 Å².